The summed E-state index contributed by atoms with van der Waals surface area (Å²) < 4.78 is 14.6. The van der Waals surface area contributed by atoms with Gasteiger partial charge in [-0.25, -0.2) is 4.39 Å². The fourth-order valence-corrected chi connectivity index (χ4v) is 2.59. The van der Waals surface area contributed by atoms with Crippen molar-refractivity contribution in [1.82, 2.24) is 0 Å². The predicted octanol–water partition coefficient (Wildman–Crippen LogP) is 3.39. The third-order valence-electron chi connectivity index (χ3n) is 3.54. The number of halogens is 2. The van der Waals surface area contributed by atoms with Crippen molar-refractivity contribution in [3.05, 3.63) is 28.5 Å². The van der Waals surface area contributed by atoms with E-state index in [1.807, 2.05) is 24.8 Å². The summed E-state index contributed by atoms with van der Waals surface area (Å²) in [7, 11) is 0. The van der Waals surface area contributed by atoms with E-state index in [4.69, 9.17) is 0 Å². The van der Waals surface area contributed by atoms with Crippen molar-refractivity contribution in [2.45, 2.75) is 26.3 Å². The highest BCUT2D eigenvalue weighted by molar-refractivity contribution is 9.10. The number of rotatable bonds is 1. The van der Waals surface area contributed by atoms with Crippen LogP contribution in [0.3, 0.4) is 0 Å². The average molecular weight is 300 g/mol. The van der Waals surface area contributed by atoms with Crippen molar-refractivity contribution in [3.8, 4) is 0 Å². The highest BCUT2D eigenvalue weighted by Gasteiger charge is 2.31. The number of carbonyl (C=O) groups is 1. The van der Waals surface area contributed by atoms with Crippen LogP contribution >= 0.6 is 15.9 Å². The zero-order chi connectivity index (χ0) is 12.6. The average Bonchev–Trinajstić information content (AvgIpc) is 2.28. The van der Waals surface area contributed by atoms with Gasteiger partial charge < -0.3 is 4.90 Å². The zero-order valence-electron chi connectivity index (χ0n) is 9.91. The number of anilines is 1. The van der Waals surface area contributed by atoms with E-state index in [1.54, 1.807) is 6.07 Å². The number of piperidine rings is 1. The molecule has 2 rings (SSSR count). The molecule has 0 saturated carbocycles. The van der Waals surface area contributed by atoms with Gasteiger partial charge in [-0.1, -0.05) is 22.9 Å². The molecule has 92 valence electrons. The van der Waals surface area contributed by atoms with Gasteiger partial charge in [-0.05, 0) is 25.1 Å². The Hall–Kier alpha value is -0.900. The summed E-state index contributed by atoms with van der Waals surface area (Å²) in [5.74, 6) is -0.00848. The quantitative estimate of drug-likeness (QED) is 0.792. The highest BCUT2D eigenvalue weighted by Crippen LogP contribution is 2.30. The summed E-state index contributed by atoms with van der Waals surface area (Å²) >= 11 is 3.24. The van der Waals surface area contributed by atoms with Crippen LogP contribution in [0.25, 0.3) is 0 Å². The van der Waals surface area contributed by atoms with Crippen molar-refractivity contribution in [2.75, 3.05) is 11.4 Å². The smallest absolute Gasteiger partial charge is 0.147 e. The fourth-order valence-electron chi connectivity index (χ4n) is 2.25. The molecule has 1 aliphatic rings. The number of carbonyl (C=O) groups excluding carboxylic acids is 1. The van der Waals surface area contributed by atoms with Crippen LogP contribution in [0.1, 0.15) is 20.3 Å². The van der Waals surface area contributed by atoms with Crippen LogP contribution in [0.2, 0.25) is 0 Å². The molecule has 1 fully saturated rings. The summed E-state index contributed by atoms with van der Waals surface area (Å²) in [6.07, 6.45) is 0.501. The maximum atomic E-state index is 13.9. The van der Waals surface area contributed by atoms with Crippen LogP contribution in [0.5, 0.6) is 0 Å². The Labute approximate surface area is 109 Å². The summed E-state index contributed by atoms with van der Waals surface area (Å²) in [5.41, 5.74) is 0.583. The second kappa shape index (κ2) is 4.77. The maximum Gasteiger partial charge on any atom is 0.147 e. The van der Waals surface area contributed by atoms with Gasteiger partial charge in [0.05, 0.1) is 5.69 Å². The number of nitrogens with zero attached hydrogens (tertiary/aromatic N) is 1. The minimum absolute atomic E-state index is 0.0354. The van der Waals surface area contributed by atoms with Crippen LogP contribution in [-0.4, -0.2) is 18.4 Å². The minimum Gasteiger partial charge on any atom is -0.365 e. The van der Waals surface area contributed by atoms with E-state index in [2.05, 4.69) is 15.9 Å². The first kappa shape index (κ1) is 12.6. The number of benzene rings is 1. The van der Waals surface area contributed by atoms with Gasteiger partial charge in [0.2, 0.25) is 0 Å². The normalized spacial score (nSPS) is 25.2. The maximum absolute atomic E-state index is 13.9. The highest BCUT2D eigenvalue weighted by atomic mass is 79.9. The Morgan fingerprint density at radius 2 is 2.12 bits per heavy atom. The minimum atomic E-state index is -0.243. The van der Waals surface area contributed by atoms with Crippen LogP contribution < -0.4 is 4.90 Å². The second-order valence-electron chi connectivity index (χ2n) is 4.53. The molecule has 2 unspecified atom stereocenters. The van der Waals surface area contributed by atoms with Crippen LogP contribution in [0, 0.1) is 11.7 Å². The lowest BCUT2D eigenvalue weighted by molar-refractivity contribution is -0.123. The summed E-state index contributed by atoms with van der Waals surface area (Å²) in [6, 6.07) is 5.10. The Morgan fingerprint density at radius 1 is 1.41 bits per heavy atom. The molecule has 1 saturated heterocycles. The van der Waals surface area contributed by atoms with E-state index in [9.17, 15) is 9.18 Å². The van der Waals surface area contributed by atoms with Crippen molar-refractivity contribution in [2.24, 2.45) is 5.92 Å². The number of Topliss-reactive ketones (excluding diaryl/α,β-unsaturated/α-hetero) is 1. The molecule has 2 atom stereocenters. The first-order valence-corrected chi connectivity index (χ1v) is 6.54. The molecule has 0 radical (unpaired) electrons. The molecular formula is C13H15BrFNO. The Balaban J connectivity index is 2.31. The lowest BCUT2D eigenvalue weighted by Crippen LogP contribution is -2.47. The largest absolute Gasteiger partial charge is 0.365 e. The molecule has 0 aromatic heterocycles. The van der Waals surface area contributed by atoms with E-state index < -0.39 is 0 Å². The molecule has 0 amide bonds. The Kier molecular flexibility index (Phi) is 3.52. The van der Waals surface area contributed by atoms with Gasteiger partial charge in [-0.3, -0.25) is 4.79 Å². The van der Waals surface area contributed by atoms with Gasteiger partial charge in [0.15, 0.2) is 0 Å². The summed E-state index contributed by atoms with van der Waals surface area (Å²) in [5, 5.41) is 0. The Bertz CT molecular complexity index is 449. The molecule has 17 heavy (non-hydrogen) atoms. The van der Waals surface area contributed by atoms with Gasteiger partial charge in [0, 0.05) is 29.4 Å². The zero-order valence-corrected chi connectivity index (χ0v) is 11.5. The molecule has 1 aromatic rings. The third kappa shape index (κ3) is 2.37. The number of hydrogen-bond acceptors (Lipinski definition) is 2. The van der Waals surface area contributed by atoms with E-state index in [1.165, 1.54) is 6.07 Å². The van der Waals surface area contributed by atoms with Crippen LogP contribution in [-0.2, 0) is 4.79 Å². The monoisotopic (exact) mass is 299 g/mol. The Morgan fingerprint density at radius 3 is 2.76 bits per heavy atom. The van der Waals surface area contributed by atoms with Crippen molar-refractivity contribution >= 4 is 27.4 Å². The molecule has 1 aromatic carbocycles. The van der Waals surface area contributed by atoms with E-state index in [0.29, 0.717) is 18.7 Å². The van der Waals surface area contributed by atoms with Gasteiger partial charge in [0.25, 0.3) is 0 Å². The second-order valence-corrected chi connectivity index (χ2v) is 5.45. The lowest BCUT2D eigenvalue weighted by Gasteiger charge is -2.38. The first-order valence-electron chi connectivity index (χ1n) is 5.75. The molecule has 4 heteroatoms. The lowest BCUT2D eigenvalue weighted by atomic mass is 9.90. The van der Waals surface area contributed by atoms with E-state index >= 15 is 0 Å². The van der Waals surface area contributed by atoms with Crippen LogP contribution in [0.15, 0.2) is 22.7 Å². The first-order chi connectivity index (χ1) is 8.00. The molecule has 2 nitrogen and oxygen atoms in total. The SMILES string of the molecule is CC1C(=O)CCN(c2ccc(Br)cc2F)C1C. The van der Waals surface area contributed by atoms with Crippen LogP contribution in [0.4, 0.5) is 10.1 Å². The van der Waals surface area contributed by atoms with Crippen molar-refractivity contribution in [3.63, 3.8) is 0 Å². The standard InChI is InChI=1S/C13H15BrFNO/c1-8-9(2)16(6-5-13(8)17)12-4-3-10(14)7-11(12)15/h3-4,7-9H,5-6H2,1-2H3. The molecule has 0 N–H and O–H groups in total. The van der Waals surface area contributed by atoms with Gasteiger partial charge in [-0.2, -0.15) is 0 Å². The number of hydrogen-bond donors (Lipinski definition) is 0. The van der Waals surface area contributed by atoms with E-state index in [0.717, 1.165) is 4.47 Å². The number of ketones is 1. The van der Waals surface area contributed by atoms with Crippen molar-refractivity contribution in [1.29, 1.82) is 0 Å². The summed E-state index contributed by atoms with van der Waals surface area (Å²) in [4.78, 5) is 13.6. The topological polar surface area (TPSA) is 20.3 Å². The van der Waals surface area contributed by atoms with E-state index in [-0.39, 0.29) is 23.6 Å². The molecule has 0 aliphatic carbocycles. The third-order valence-corrected chi connectivity index (χ3v) is 4.03. The fraction of sp³-hybridized carbons (Fsp3) is 0.462. The van der Waals surface area contributed by atoms with Gasteiger partial charge in [0.1, 0.15) is 11.6 Å². The molecular weight excluding hydrogens is 285 g/mol. The molecule has 0 spiro atoms. The van der Waals surface area contributed by atoms with Crippen molar-refractivity contribution < 1.29 is 9.18 Å². The molecule has 1 heterocycles. The van der Waals surface area contributed by atoms with Gasteiger partial charge in [-0.15, -0.1) is 0 Å². The summed E-state index contributed by atoms with van der Waals surface area (Å²) in [6.45, 7) is 4.49. The molecule has 1 aliphatic heterocycles. The molecule has 0 bridgehead atoms. The predicted molar refractivity (Wildman–Crippen MR) is 69.7 cm³/mol. The van der Waals surface area contributed by atoms with Gasteiger partial charge >= 0.3 is 0 Å².